The van der Waals surface area contributed by atoms with Gasteiger partial charge in [-0.2, -0.15) is 0 Å². The van der Waals surface area contributed by atoms with E-state index in [0.29, 0.717) is 29.3 Å². The Hall–Kier alpha value is -2.71. The smallest absolute Gasteiger partial charge is 0.268 e. The summed E-state index contributed by atoms with van der Waals surface area (Å²) in [5, 5.41) is 0.854. The molecule has 2 amide bonds. The van der Waals surface area contributed by atoms with Gasteiger partial charge in [0.25, 0.3) is 11.8 Å². The number of para-hydroxylation sites is 1. The van der Waals surface area contributed by atoms with E-state index in [9.17, 15) is 9.59 Å². The van der Waals surface area contributed by atoms with Crippen LogP contribution >= 0.6 is 15.9 Å². The van der Waals surface area contributed by atoms with Crippen LogP contribution in [0.15, 0.2) is 41.3 Å². The minimum atomic E-state index is -0.355. The largest absolute Gasteiger partial charge is 0.364 e. The van der Waals surface area contributed by atoms with Crippen molar-refractivity contribution in [3.05, 3.63) is 46.8 Å². The summed E-state index contributed by atoms with van der Waals surface area (Å²) < 4.78 is 7.17. The van der Waals surface area contributed by atoms with E-state index in [2.05, 4.69) is 25.9 Å². The number of hydrogen-bond donors (Lipinski definition) is 1. The highest BCUT2D eigenvalue weighted by Gasteiger charge is 2.38. The van der Waals surface area contributed by atoms with Crippen LogP contribution in [0.5, 0.6) is 0 Å². The van der Waals surface area contributed by atoms with Gasteiger partial charge in [0.2, 0.25) is 0 Å². The Morgan fingerprint density at radius 2 is 2.00 bits per heavy atom. The molecule has 0 atom stereocenters. The second-order valence-electron chi connectivity index (χ2n) is 5.97. The number of imide groups is 1. The third kappa shape index (κ3) is 2.41. The lowest BCUT2D eigenvalue weighted by Crippen LogP contribution is -2.26. The maximum absolute atomic E-state index is 12.7. The van der Waals surface area contributed by atoms with Gasteiger partial charge in [-0.25, -0.2) is 4.98 Å². The Morgan fingerprint density at radius 1 is 1.23 bits per heavy atom. The standard InChI is InChI=1S/C18H15BrN4O3/c1-22-17(24)14(15(19)18(22)25)13-10-5-3-4-6-11(10)21-16(13)12-7-23(8-20-12)9-26-2/h3-8,21H,9H2,1-2H3. The van der Waals surface area contributed by atoms with Crippen LogP contribution in [0.2, 0.25) is 0 Å². The molecule has 1 aromatic carbocycles. The molecule has 0 radical (unpaired) electrons. The first-order valence-corrected chi connectivity index (χ1v) is 8.66. The lowest BCUT2D eigenvalue weighted by molar-refractivity contribution is -0.134. The summed E-state index contributed by atoms with van der Waals surface area (Å²) in [4.78, 5) is 33.8. The Bertz CT molecular complexity index is 1080. The molecule has 0 aliphatic carbocycles. The molecule has 0 spiro atoms. The second-order valence-corrected chi connectivity index (χ2v) is 6.76. The van der Waals surface area contributed by atoms with Gasteiger partial charge in [0.05, 0.1) is 22.1 Å². The zero-order valence-corrected chi connectivity index (χ0v) is 15.7. The molecule has 8 heteroatoms. The van der Waals surface area contributed by atoms with Crippen LogP contribution in [0.25, 0.3) is 27.9 Å². The number of amides is 2. The van der Waals surface area contributed by atoms with E-state index < -0.39 is 0 Å². The van der Waals surface area contributed by atoms with E-state index in [-0.39, 0.29) is 16.3 Å². The number of benzene rings is 1. The third-order valence-electron chi connectivity index (χ3n) is 4.35. The summed E-state index contributed by atoms with van der Waals surface area (Å²) in [6.45, 7) is 0.370. The zero-order chi connectivity index (χ0) is 18.4. The fourth-order valence-electron chi connectivity index (χ4n) is 3.13. The number of aromatic amines is 1. The molecule has 26 heavy (non-hydrogen) atoms. The van der Waals surface area contributed by atoms with Crippen LogP contribution in [0.4, 0.5) is 0 Å². The molecule has 3 aromatic rings. The van der Waals surface area contributed by atoms with Crippen molar-refractivity contribution in [1.82, 2.24) is 19.4 Å². The van der Waals surface area contributed by atoms with Gasteiger partial charge in [-0.3, -0.25) is 14.5 Å². The summed E-state index contributed by atoms with van der Waals surface area (Å²) >= 11 is 3.30. The fourth-order valence-corrected chi connectivity index (χ4v) is 3.76. The summed E-state index contributed by atoms with van der Waals surface area (Å²) in [6, 6.07) is 7.65. The van der Waals surface area contributed by atoms with Crippen molar-refractivity contribution < 1.29 is 14.3 Å². The topological polar surface area (TPSA) is 80.2 Å². The summed E-state index contributed by atoms with van der Waals surface area (Å²) in [5.74, 6) is -0.699. The summed E-state index contributed by atoms with van der Waals surface area (Å²) in [6.07, 6.45) is 3.49. The lowest BCUT2D eigenvalue weighted by Gasteiger charge is -2.07. The molecule has 0 saturated heterocycles. The average molecular weight is 415 g/mol. The van der Waals surface area contributed by atoms with Gasteiger partial charge in [-0.1, -0.05) is 18.2 Å². The maximum atomic E-state index is 12.7. The average Bonchev–Trinajstić information content (AvgIpc) is 3.29. The van der Waals surface area contributed by atoms with Crippen LogP contribution < -0.4 is 0 Å². The van der Waals surface area contributed by atoms with Crippen molar-refractivity contribution in [3.8, 4) is 11.4 Å². The number of halogens is 1. The first kappa shape index (κ1) is 16.7. The van der Waals surface area contributed by atoms with E-state index in [1.54, 1.807) is 18.0 Å². The Morgan fingerprint density at radius 3 is 2.69 bits per heavy atom. The van der Waals surface area contributed by atoms with Crippen LogP contribution in [0, 0.1) is 0 Å². The van der Waals surface area contributed by atoms with Crippen molar-refractivity contribution in [2.45, 2.75) is 6.73 Å². The number of rotatable bonds is 4. The number of carbonyl (C=O) groups is 2. The Labute approximate surface area is 157 Å². The van der Waals surface area contributed by atoms with Gasteiger partial charge in [0.15, 0.2) is 0 Å². The quantitative estimate of drug-likeness (QED) is 0.665. The van der Waals surface area contributed by atoms with Crippen molar-refractivity contribution in [2.75, 3.05) is 14.2 Å². The minimum Gasteiger partial charge on any atom is -0.364 e. The summed E-state index contributed by atoms with van der Waals surface area (Å²) in [7, 11) is 3.08. The first-order chi connectivity index (χ1) is 12.5. The molecule has 1 aliphatic rings. The molecule has 1 aliphatic heterocycles. The van der Waals surface area contributed by atoms with Crippen molar-refractivity contribution in [1.29, 1.82) is 0 Å². The number of hydrogen-bond acceptors (Lipinski definition) is 4. The van der Waals surface area contributed by atoms with Gasteiger partial charge < -0.3 is 14.3 Å². The van der Waals surface area contributed by atoms with E-state index in [4.69, 9.17) is 4.74 Å². The number of fused-ring (bicyclic) bond motifs is 1. The minimum absolute atomic E-state index is 0.257. The number of carbonyl (C=O) groups excluding carboxylic acids is 2. The molecule has 1 N–H and O–H groups in total. The van der Waals surface area contributed by atoms with E-state index in [0.717, 1.165) is 15.8 Å². The van der Waals surface area contributed by atoms with E-state index in [1.807, 2.05) is 30.5 Å². The van der Waals surface area contributed by atoms with Gasteiger partial charge in [-0.05, 0) is 22.0 Å². The predicted molar refractivity (Wildman–Crippen MR) is 100 cm³/mol. The zero-order valence-electron chi connectivity index (χ0n) is 14.1. The number of H-pyrrole nitrogens is 1. The van der Waals surface area contributed by atoms with E-state index in [1.165, 1.54) is 7.05 Å². The first-order valence-electron chi connectivity index (χ1n) is 7.87. The molecule has 7 nitrogen and oxygen atoms in total. The van der Waals surface area contributed by atoms with Gasteiger partial charge >= 0.3 is 0 Å². The molecular formula is C18H15BrN4O3. The SMILES string of the molecule is COCn1cnc(-c2[nH]c3ccccc3c2C2=C(Br)C(=O)N(C)C2=O)c1. The van der Waals surface area contributed by atoms with Crippen molar-refractivity contribution in [2.24, 2.45) is 0 Å². The van der Waals surface area contributed by atoms with Crippen LogP contribution in [0.1, 0.15) is 5.56 Å². The van der Waals surface area contributed by atoms with Crippen molar-refractivity contribution in [3.63, 3.8) is 0 Å². The summed E-state index contributed by atoms with van der Waals surface area (Å²) in [5.41, 5.74) is 3.21. The number of ether oxygens (including phenoxy) is 1. The Balaban J connectivity index is 1.99. The number of nitrogens with one attached hydrogen (secondary N) is 1. The molecule has 0 unspecified atom stereocenters. The van der Waals surface area contributed by atoms with E-state index >= 15 is 0 Å². The molecule has 3 heterocycles. The normalized spacial score (nSPS) is 15.0. The second kappa shape index (κ2) is 6.22. The third-order valence-corrected chi connectivity index (χ3v) is 5.09. The highest BCUT2D eigenvalue weighted by atomic mass is 79.9. The molecular weight excluding hydrogens is 400 g/mol. The fraction of sp³-hybridized carbons (Fsp3) is 0.167. The Kier molecular flexibility index (Phi) is 4.01. The predicted octanol–water partition coefficient (Wildman–Crippen LogP) is 2.74. The number of nitrogens with zero attached hydrogens (tertiary/aromatic N) is 3. The molecule has 0 bridgehead atoms. The monoisotopic (exact) mass is 414 g/mol. The molecule has 0 saturated carbocycles. The van der Waals surface area contributed by atoms with Gasteiger partial charge in [-0.15, -0.1) is 0 Å². The van der Waals surface area contributed by atoms with Gasteiger partial charge in [0.1, 0.15) is 12.4 Å². The number of likely N-dealkylation sites (N-methyl/N-ethyl adjacent to an activating group) is 1. The highest BCUT2D eigenvalue weighted by Crippen LogP contribution is 2.40. The maximum Gasteiger partial charge on any atom is 0.268 e. The molecule has 2 aromatic heterocycles. The lowest BCUT2D eigenvalue weighted by atomic mass is 10.0. The van der Waals surface area contributed by atoms with Gasteiger partial charge in [0, 0.05) is 36.8 Å². The van der Waals surface area contributed by atoms with Crippen LogP contribution in [-0.4, -0.2) is 45.4 Å². The molecule has 0 fully saturated rings. The van der Waals surface area contributed by atoms with Crippen molar-refractivity contribution >= 4 is 44.2 Å². The molecule has 132 valence electrons. The van der Waals surface area contributed by atoms with Crippen LogP contribution in [-0.2, 0) is 21.1 Å². The number of aromatic nitrogens is 3. The molecule has 4 rings (SSSR count). The number of methoxy groups -OCH3 is 1. The number of imidazole rings is 1. The highest BCUT2D eigenvalue weighted by molar-refractivity contribution is 9.12. The van der Waals surface area contributed by atoms with Crippen LogP contribution in [0.3, 0.4) is 0 Å².